The summed E-state index contributed by atoms with van der Waals surface area (Å²) in [4.78, 5) is 6.20. The van der Waals surface area contributed by atoms with E-state index in [1.54, 1.807) is 14.2 Å². The third kappa shape index (κ3) is 3.19. The summed E-state index contributed by atoms with van der Waals surface area (Å²) in [5, 5.41) is 9.86. The molecule has 144 valence electrons. The van der Waals surface area contributed by atoms with Crippen molar-refractivity contribution in [1.29, 1.82) is 0 Å². The minimum atomic E-state index is 0.250. The van der Waals surface area contributed by atoms with Crippen molar-refractivity contribution in [2.45, 2.75) is 39.5 Å². The number of hydrogen-bond acceptors (Lipinski definition) is 6. The molecule has 0 spiro atoms. The van der Waals surface area contributed by atoms with E-state index in [0.29, 0.717) is 11.5 Å². The normalized spacial score (nSPS) is 23.1. The van der Waals surface area contributed by atoms with Crippen LogP contribution in [-0.4, -0.2) is 59.1 Å². The molecule has 1 saturated heterocycles. The molecule has 0 saturated carbocycles. The van der Waals surface area contributed by atoms with Crippen molar-refractivity contribution >= 4 is 16.6 Å². The molecule has 3 aromatic rings. The van der Waals surface area contributed by atoms with Gasteiger partial charge in [0.05, 0.1) is 19.7 Å². The number of morpholine rings is 1. The molecule has 8 nitrogen and oxygen atoms in total. The van der Waals surface area contributed by atoms with Crippen LogP contribution in [-0.2, 0) is 11.3 Å². The van der Waals surface area contributed by atoms with Gasteiger partial charge in [-0.05, 0) is 26.8 Å². The molecule has 1 N–H and O–H groups in total. The van der Waals surface area contributed by atoms with Gasteiger partial charge in [-0.3, -0.25) is 4.40 Å². The molecule has 4 rings (SSSR count). The Kier molecular flexibility index (Phi) is 4.61. The van der Waals surface area contributed by atoms with Gasteiger partial charge in [-0.2, -0.15) is 0 Å². The molecule has 3 heterocycles. The van der Waals surface area contributed by atoms with Crippen molar-refractivity contribution in [3.63, 3.8) is 0 Å². The van der Waals surface area contributed by atoms with Gasteiger partial charge in [0.2, 0.25) is 0 Å². The van der Waals surface area contributed by atoms with E-state index >= 15 is 0 Å². The number of nitrogens with one attached hydrogen (secondary N) is 1. The molecule has 2 aromatic heterocycles. The lowest BCUT2D eigenvalue weighted by molar-refractivity contribution is -0.929. The van der Waals surface area contributed by atoms with Gasteiger partial charge in [-0.25, -0.2) is 4.98 Å². The van der Waals surface area contributed by atoms with Crippen LogP contribution in [0.4, 0.5) is 0 Å². The smallest absolute Gasteiger partial charge is 0.194 e. The van der Waals surface area contributed by atoms with E-state index < -0.39 is 0 Å². The summed E-state index contributed by atoms with van der Waals surface area (Å²) in [6.07, 6.45) is 0.499. The number of aromatic nitrogens is 4. The quantitative estimate of drug-likeness (QED) is 0.730. The van der Waals surface area contributed by atoms with E-state index in [0.717, 1.165) is 47.8 Å². The summed E-state index contributed by atoms with van der Waals surface area (Å²) >= 11 is 0. The molecule has 27 heavy (non-hydrogen) atoms. The first-order valence-corrected chi connectivity index (χ1v) is 9.25. The van der Waals surface area contributed by atoms with Gasteiger partial charge in [0.15, 0.2) is 23.0 Å². The van der Waals surface area contributed by atoms with Gasteiger partial charge < -0.3 is 19.1 Å². The predicted molar refractivity (Wildman–Crippen MR) is 101 cm³/mol. The van der Waals surface area contributed by atoms with Gasteiger partial charge in [0.1, 0.15) is 37.7 Å². The van der Waals surface area contributed by atoms with Crippen molar-refractivity contribution in [3.8, 4) is 11.5 Å². The predicted octanol–water partition coefficient (Wildman–Crippen LogP) is 0.795. The zero-order valence-electron chi connectivity index (χ0n) is 16.4. The lowest BCUT2D eigenvalue weighted by Gasteiger charge is -2.31. The molecule has 1 aromatic carbocycles. The fourth-order valence-corrected chi connectivity index (χ4v) is 4.07. The second-order valence-corrected chi connectivity index (χ2v) is 7.25. The largest absolute Gasteiger partial charge is 0.493 e. The Morgan fingerprint density at radius 2 is 1.78 bits per heavy atom. The third-order valence-corrected chi connectivity index (χ3v) is 5.10. The monoisotopic (exact) mass is 372 g/mol. The van der Waals surface area contributed by atoms with E-state index in [2.05, 4.69) is 24.0 Å². The summed E-state index contributed by atoms with van der Waals surface area (Å²) in [5.74, 6) is 3.09. The molecule has 1 aliphatic rings. The van der Waals surface area contributed by atoms with E-state index in [1.807, 2.05) is 23.5 Å². The first kappa shape index (κ1) is 17.9. The number of ether oxygens (including phenoxy) is 3. The highest BCUT2D eigenvalue weighted by Gasteiger charge is 2.27. The number of hydrogen-bond donors (Lipinski definition) is 1. The van der Waals surface area contributed by atoms with Crippen LogP contribution in [0, 0.1) is 6.92 Å². The fraction of sp³-hybridized carbons (Fsp3) is 0.526. The van der Waals surface area contributed by atoms with E-state index in [-0.39, 0.29) is 12.2 Å². The average molecular weight is 372 g/mol. The molecule has 8 heteroatoms. The molecular formula is C19H26N5O3+. The molecule has 0 amide bonds. The van der Waals surface area contributed by atoms with Crippen LogP contribution in [0.2, 0.25) is 0 Å². The molecule has 1 fully saturated rings. The SMILES string of the molecule is COc1cc2nc(C)n3c(C[NH+]4C[C@@H](C)O[C@H](C)C4)nnc3c2cc1OC. The highest BCUT2D eigenvalue weighted by Crippen LogP contribution is 2.33. The Balaban J connectivity index is 1.79. The zero-order valence-corrected chi connectivity index (χ0v) is 16.4. The van der Waals surface area contributed by atoms with Gasteiger partial charge in [-0.1, -0.05) is 0 Å². The number of quaternary nitrogens is 1. The van der Waals surface area contributed by atoms with Crippen LogP contribution < -0.4 is 14.4 Å². The van der Waals surface area contributed by atoms with Gasteiger partial charge >= 0.3 is 0 Å². The Morgan fingerprint density at radius 1 is 1.11 bits per heavy atom. The molecule has 0 radical (unpaired) electrons. The summed E-state index contributed by atoms with van der Waals surface area (Å²) in [7, 11) is 3.25. The van der Waals surface area contributed by atoms with Crippen molar-refractivity contribution in [1.82, 2.24) is 19.6 Å². The van der Waals surface area contributed by atoms with Crippen molar-refractivity contribution in [2.24, 2.45) is 0 Å². The van der Waals surface area contributed by atoms with Crippen LogP contribution in [0.25, 0.3) is 16.6 Å². The summed E-state index contributed by atoms with van der Waals surface area (Å²) in [6.45, 7) is 8.94. The topological polar surface area (TPSA) is 75.2 Å². The number of methoxy groups -OCH3 is 2. The first-order chi connectivity index (χ1) is 13.0. The van der Waals surface area contributed by atoms with Gasteiger partial charge in [-0.15, -0.1) is 10.2 Å². The minimum Gasteiger partial charge on any atom is -0.493 e. The number of nitrogens with zero attached hydrogens (tertiary/aromatic N) is 4. The Bertz CT molecular complexity index is 977. The Labute approximate surface area is 158 Å². The lowest BCUT2D eigenvalue weighted by atomic mass is 10.2. The van der Waals surface area contributed by atoms with Crippen molar-refractivity contribution < 1.29 is 19.1 Å². The standard InChI is InChI=1S/C19H25N5O3/c1-11-8-23(9-12(2)27-11)10-18-21-22-19-14-6-16(25-4)17(26-5)7-15(14)20-13(3)24(18)19/h6-7,11-12H,8-10H2,1-5H3/p+1/t11-,12-/m1/s1. The molecule has 1 aliphatic heterocycles. The highest BCUT2D eigenvalue weighted by molar-refractivity contribution is 5.93. The van der Waals surface area contributed by atoms with Crippen LogP contribution in [0.15, 0.2) is 12.1 Å². The van der Waals surface area contributed by atoms with Gasteiger partial charge in [0, 0.05) is 11.5 Å². The van der Waals surface area contributed by atoms with E-state index in [9.17, 15) is 0 Å². The van der Waals surface area contributed by atoms with Crippen molar-refractivity contribution in [3.05, 3.63) is 23.8 Å². The maximum absolute atomic E-state index is 5.85. The average Bonchev–Trinajstić information content (AvgIpc) is 3.04. The molecule has 0 bridgehead atoms. The summed E-state index contributed by atoms with van der Waals surface area (Å²) in [6, 6.07) is 3.80. The van der Waals surface area contributed by atoms with Gasteiger partial charge in [0.25, 0.3) is 0 Å². The second-order valence-electron chi connectivity index (χ2n) is 7.25. The summed E-state index contributed by atoms with van der Waals surface area (Å²) in [5.41, 5.74) is 1.61. The van der Waals surface area contributed by atoms with E-state index in [1.165, 1.54) is 4.90 Å². The van der Waals surface area contributed by atoms with Crippen LogP contribution >= 0.6 is 0 Å². The maximum atomic E-state index is 5.85. The summed E-state index contributed by atoms with van der Waals surface area (Å²) < 4.78 is 18.7. The molecule has 0 unspecified atom stereocenters. The second kappa shape index (κ2) is 6.94. The van der Waals surface area contributed by atoms with Crippen LogP contribution in [0.1, 0.15) is 25.5 Å². The Morgan fingerprint density at radius 3 is 2.44 bits per heavy atom. The number of benzene rings is 1. The number of rotatable bonds is 4. The van der Waals surface area contributed by atoms with Crippen molar-refractivity contribution in [2.75, 3.05) is 27.3 Å². The highest BCUT2D eigenvalue weighted by atomic mass is 16.5. The fourth-order valence-electron chi connectivity index (χ4n) is 4.07. The third-order valence-electron chi connectivity index (χ3n) is 5.10. The number of fused-ring (bicyclic) bond motifs is 3. The number of aryl methyl sites for hydroxylation is 1. The molecule has 0 aliphatic carbocycles. The zero-order chi connectivity index (χ0) is 19.1. The van der Waals surface area contributed by atoms with E-state index in [4.69, 9.17) is 19.2 Å². The van der Waals surface area contributed by atoms with Crippen LogP contribution in [0.5, 0.6) is 11.5 Å². The Hall–Kier alpha value is -2.45. The lowest BCUT2D eigenvalue weighted by Crippen LogP contribution is -3.14. The molecular weight excluding hydrogens is 346 g/mol. The minimum absolute atomic E-state index is 0.250. The van der Waals surface area contributed by atoms with Crippen LogP contribution in [0.3, 0.4) is 0 Å². The first-order valence-electron chi connectivity index (χ1n) is 9.25. The maximum Gasteiger partial charge on any atom is 0.194 e. The molecule has 2 atom stereocenters.